The molecule has 1 spiro atoms. The molecule has 1 unspecified atom stereocenters. The number of halogens is 1. The van der Waals surface area contributed by atoms with E-state index in [4.69, 9.17) is 0 Å². The topological polar surface area (TPSA) is 67.2 Å². The van der Waals surface area contributed by atoms with E-state index in [1.165, 1.54) is 16.8 Å². The van der Waals surface area contributed by atoms with E-state index in [0.29, 0.717) is 23.6 Å². The Hall–Kier alpha value is -3.48. The van der Waals surface area contributed by atoms with E-state index in [0.717, 1.165) is 11.3 Å². The number of carbonyl (C=O) groups excluding carboxylic acids is 2. The Morgan fingerprint density at radius 3 is 2.70 bits per heavy atom. The first-order chi connectivity index (χ1) is 14.4. The number of anilines is 2. The van der Waals surface area contributed by atoms with Crippen LogP contribution >= 0.6 is 0 Å². The van der Waals surface area contributed by atoms with Crippen LogP contribution in [0.5, 0.6) is 0 Å². The zero-order valence-electron chi connectivity index (χ0n) is 16.7. The summed E-state index contributed by atoms with van der Waals surface area (Å²) >= 11 is 0. The molecular weight excluding hydrogens is 383 g/mol. The van der Waals surface area contributed by atoms with Crippen LogP contribution in [0.15, 0.2) is 54.7 Å². The van der Waals surface area contributed by atoms with E-state index in [1.54, 1.807) is 23.2 Å². The van der Waals surface area contributed by atoms with Gasteiger partial charge in [-0.25, -0.2) is 9.07 Å². The zero-order chi connectivity index (χ0) is 21.0. The molecule has 2 aliphatic heterocycles. The Kier molecular flexibility index (Phi) is 4.03. The number of hydrogen-bond acceptors (Lipinski definition) is 3. The summed E-state index contributed by atoms with van der Waals surface area (Å²) in [7, 11) is 0. The summed E-state index contributed by atoms with van der Waals surface area (Å²) in [6, 6.07) is 13.6. The zero-order valence-corrected chi connectivity index (χ0v) is 16.7. The molecule has 5 rings (SSSR count). The maximum absolute atomic E-state index is 13.8. The van der Waals surface area contributed by atoms with Crippen molar-refractivity contribution in [3.05, 3.63) is 71.7 Å². The van der Waals surface area contributed by atoms with Crippen molar-refractivity contribution in [2.45, 2.75) is 25.7 Å². The fourth-order valence-electron chi connectivity index (χ4n) is 4.60. The van der Waals surface area contributed by atoms with E-state index < -0.39 is 11.2 Å². The second kappa shape index (κ2) is 6.52. The number of hydrogen-bond donors (Lipinski definition) is 1. The van der Waals surface area contributed by atoms with E-state index in [9.17, 15) is 14.0 Å². The molecule has 1 aromatic heterocycles. The fourth-order valence-corrected chi connectivity index (χ4v) is 4.60. The van der Waals surface area contributed by atoms with Gasteiger partial charge < -0.3 is 10.2 Å². The van der Waals surface area contributed by atoms with E-state index in [2.05, 4.69) is 24.3 Å². The molecule has 6 nitrogen and oxygen atoms in total. The maximum atomic E-state index is 13.8. The Morgan fingerprint density at radius 2 is 1.93 bits per heavy atom. The smallest absolute Gasteiger partial charge is 0.242 e. The van der Waals surface area contributed by atoms with Gasteiger partial charge in [-0.05, 0) is 35.7 Å². The van der Waals surface area contributed by atoms with Gasteiger partial charge in [-0.15, -0.1) is 0 Å². The minimum Gasteiger partial charge on any atom is -0.311 e. The molecular formula is C23H21FN4O2. The highest BCUT2D eigenvalue weighted by molar-refractivity contribution is 6.15. The van der Waals surface area contributed by atoms with Crippen LogP contribution in [0.3, 0.4) is 0 Å². The standard InChI is InChI=1S/C23H21FN4O2/c1-14(2)13-27-19-9-4-3-8-17(19)23(22(27)30)11-20(29)26-21-18(23)12-25-28(21)16-7-5-6-15(24)10-16/h3-10,12,14H,11,13H2,1-2H3,(H,26,29). The molecule has 1 N–H and O–H groups in total. The minimum absolute atomic E-state index is 0.0132. The lowest BCUT2D eigenvalue weighted by Crippen LogP contribution is -2.47. The Balaban J connectivity index is 1.74. The van der Waals surface area contributed by atoms with Gasteiger partial charge in [0.05, 0.1) is 11.9 Å². The molecule has 0 aliphatic carbocycles. The van der Waals surface area contributed by atoms with Gasteiger partial charge in [-0.1, -0.05) is 38.1 Å². The summed E-state index contributed by atoms with van der Waals surface area (Å²) in [5.74, 6) is -0.114. The molecule has 2 aromatic carbocycles. The summed E-state index contributed by atoms with van der Waals surface area (Å²) in [5, 5.41) is 7.27. The molecule has 30 heavy (non-hydrogen) atoms. The largest absolute Gasteiger partial charge is 0.311 e. The maximum Gasteiger partial charge on any atom is 0.242 e. The number of fused-ring (bicyclic) bond motifs is 4. The molecule has 0 saturated carbocycles. The van der Waals surface area contributed by atoms with Crippen molar-refractivity contribution in [3.8, 4) is 5.69 Å². The number of benzene rings is 2. The monoisotopic (exact) mass is 404 g/mol. The summed E-state index contributed by atoms with van der Waals surface area (Å²) in [6.07, 6.45) is 1.63. The predicted octanol–water partition coefficient (Wildman–Crippen LogP) is 3.64. The molecule has 0 radical (unpaired) electrons. The van der Waals surface area contributed by atoms with Crippen LogP contribution in [0.4, 0.5) is 15.9 Å². The second-order valence-electron chi connectivity index (χ2n) is 8.26. The first-order valence-electron chi connectivity index (χ1n) is 9.97. The van der Waals surface area contributed by atoms with Crippen LogP contribution in [-0.4, -0.2) is 28.1 Å². The van der Waals surface area contributed by atoms with Crippen molar-refractivity contribution in [2.75, 3.05) is 16.8 Å². The minimum atomic E-state index is -1.13. The van der Waals surface area contributed by atoms with Gasteiger partial charge in [0.2, 0.25) is 11.8 Å². The summed E-state index contributed by atoms with van der Waals surface area (Å²) < 4.78 is 15.3. The molecule has 2 aliphatic rings. The molecule has 152 valence electrons. The lowest BCUT2D eigenvalue weighted by Gasteiger charge is -2.32. The molecule has 3 aromatic rings. The Morgan fingerprint density at radius 1 is 1.13 bits per heavy atom. The van der Waals surface area contributed by atoms with Crippen molar-refractivity contribution in [1.29, 1.82) is 0 Å². The van der Waals surface area contributed by atoms with Crippen LogP contribution in [0.2, 0.25) is 0 Å². The number of aromatic nitrogens is 2. The third-order valence-corrected chi connectivity index (χ3v) is 5.78. The summed E-state index contributed by atoms with van der Waals surface area (Å²) in [4.78, 5) is 28.4. The number of amides is 2. The molecule has 0 bridgehead atoms. The normalized spacial score (nSPS) is 19.9. The van der Waals surface area contributed by atoms with Gasteiger partial charge in [-0.2, -0.15) is 5.10 Å². The van der Waals surface area contributed by atoms with E-state index >= 15 is 0 Å². The lowest BCUT2D eigenvalue weighted by atomic mass is 9.72. The lowest BCUT2D eigenvalue weighted by molar-refractivity contribution is -0.126. The van der Waals surface area contributed by atoms with Crippen molar-refractivity contribution < 1.29 is 14.0 Å². The number of nitrogens with zero attached hydrogens (tertiary/aromatic N) is 3. The van der Waals surface area contributed by atoms with Crippen LogP contribution < -0.4 is 10.2 Å². The van der Waals surface area contributed by atoms with E-state index in [1.807, 2.05) is 24.3 Å². The molecule has 2 amide bonds. The first-order valence-corrected chi connectivity index (χ1v) is 9.97. The molecule has 0 saturated heterocycles. The summed E-state index contributed by atoms with van der Waals surface area (Å²) in [6.45, 7) is 4.68. The van der Waals surface area contributed by atoms with Crippen molar-refractivity contribution in [3.63, 3.8) is 0 Å². The van der Waals surface area contributed by atoms with E-state index in [-0.39, 0.29) is 24.2 Å². The third-order valence-electron chi connectivity index (χ3n) is 5.78. The van der Waals surface area contributed by atoms with Gasteiger partial charge in [0.15, 0.2) is 0 Å². The van der Waals surface area contributed by atoms with Gasteiger partial charge in [0.25, 0.3) is 0 Å². The van der Waals surface area contributed by atoms with Gasteiger partial charge >= 0.3 is 0 Å². The fraction of sp³-hybridized carbons (Fsp3) is 0.261. The quantitative estimate of drug-likeness (QED) is 0.725. The third kappa shape index (κ3) is 2.51. The number of nitrogens with one attached hydrogen (secondary N) is 1. The van der Waals surface area contributed by atoms with Crippen molar-refractivity contribution in [2.24, 2.45) is 5.92 Å². The Bertz CT molecular complexity index is 1190. The Labute approximate surface area is 173 Å². The van der Waals surface area contributed by atoms with Gasteiger partial charge in [0.1, 0.15) is 17.1 Å². The molecule has 7 heteroatoms. The van der Waals surface area contributed by atoms with Gasteiger partial charge in [-0.3, -0.25) is 9.59 Å². The SMILES string of the molecule is CC(C)CN1C(=O)C2(CC(=O)Nc3c2cnn3-c2cccc(F)c2)c2ccccc21. The number of rotatable bonds is 3. The van der Waals surface area contributed by atoms with Gasteiger partial charge in [0, 0.05) is 24.2 Å². The van der Waals surface area contributed by atoms with Crippen molar-refractivity contribution in [1.82, 2.24) is 9.78 Å². The first kappa shape index (κ1) is 18.5. The molecule has 3 heterocycles. The molecule has 0 fully saturated rings. The molecule has 1 atom stereocenters. The number of carbonyl (C=O) groups is 2. The van der Waals surface area contributed by atoms with Crippen LogP contribution in [0.1, 0.15) is 31.4 Å². The average molecular weight is 404 g/mol. The highest BCUT2D eigenvalue weighted by atomic mass is 19.1. The van der Waals surface area contributed by atoms with Crippen molar-refractivity contribution >= 4 is 23.3 Å². The van der Waals surface area contributed by atoms with Crippen LogP contribution in [0.25, 0.3) is 5.69 Å². The second-order valence-corrected chi connectivity index (χ2v) is 8.26. The van der Waals surface area contributed by atoms with Crippen LogP contribution in [0, 0.1) is 11.7 Å². The number of para-hydroxylation sites is 1. The average Bonchev–Trinajstić information content (AvgIpc) is 3.23. The highest BCUT2D eigenvalue weighted by Gasteiger charge is 2.57. The van der Waals surface area contributed by atoms with Crippen LogP contribution in [-0.2, 0) is 15.0 Å². The predicted molar refractivity (Wildman–Crippen MR) is 111 cm³/mol. The summed E-state index contributed by atoms with van der Waals surface area (Å²) in [5.41, 5.74) is 1.62. The highest BCUT2D eigenvalue weighted by Crippen LogP contribution is 2.52.